The summed E-state index contributed by atoms with van der Waals surface area (Å²) in [4.78, 5) is 32.4. The molecule has 8 nitrogen and oxygen atoms in total. The van der Waals surface area contributed by atoms with Crippen molar-refractivity contribution in [2.75, 3.05) is 49.6 Å². The molecule has 0 bridgehead atoms. The minimum Gasteiger partial charge on any atom is -0.486 e. The molecule has 0 aliphatic carbocycles. The largest absolute Gasteiger partial charge is 0.486 e. The van der Waals surface area contributed by atoms with E-state index in [9.17, 15) is 9.59 Å². The van der Waals surface area contributed by atoms with Crippen LogP contribution in [0.2, 0.25) is 0 Å². The molecule has 4 rings (SSSR count). The molecular weight excluding hydrogens is 360 g/mol. The summed E-state index contributed by atoms with van der Waals surface area (Å²) in [6.45, 7) is 5.31. The number of amides is 2. The van der Waals surface area contributed by atoms with Crippen LogP contribution in [0.25, 0.3) is 0 Å². The quantitative estimate of drug-likeness (QED) is 0.871. The predicted octanol–water partition coefficient (Wildman–Crippen LogP) is 1.77. The first-order valence-electron chi connectivity index (χ1n) is 9.28. The van der Waals surface area contributed by atoms with Crippen LogP contribution in [0.4, 0.5) is 11.5 Å². The van der Waals surface area contributed by atoms with Gasteiger partial charge < -0.3 is 24.6 Å². The van der Waals surface area contributed by atoms with Crippen LogP contribution in [0.1, 0.15) is 17.3 Å². The highest BCUT2D eigenvalue weighted by molar-refractivity contribution is 6.04. The monoisotopic (exact) mass is 382 g/mol. The lowest BCUT2D eigenvalue weighted by Crippen LogP contribution is -2.48. The molecule has 146 valence electrons. The Balaban J connectivity index is 1.44. The van der Waals surface area contributed by atoms with Gasteiger partial charge in [0.05, 0.1) is 0 Å². The summed E-state index contributed by atoms with van der Waals surface area (Å²) in [5, 5.41) is 2.89. The highest BCUT2D eigenvalue weighted by Gasteiger charge is 2.20. The number of carbonyl (C=O) groups is 2. The average Bonchev–Trinajstić information content (AvgIpc) is 2.74. The molecule has 0 spiro atoms. The number of rotatable bonds is 3. The molecule has 1 aromatic heterocycles. The second kappa shape index (κ2) is 7.75. The fourth-order valence-corrected chi connectivity index (χ4v) is 3.31. The number of anilines is 2. The second-order valence-electron chi connectivity index (χ2n) is 6.71. The van der Waals surface area contributed by atoms with Gasteiger partial charge in [-0.1, -0.05) is 0 Å². The molecule has 2 aliphatic heterocycles. The summed E-state index contributed by atoms with van der Waals surface area (Å²) < 4.78 is 11.1. The van der Waals surface area contributed by atoms with E-state index in [1.54, 1.807) is 43.5 Å². The molecule has 0 unspecified atom stereocenters. The number of nitrogens with one attached hydrogen (secondary N) is 1. The van der Waals surface area contributed by atoms with E-state index in [1.165, 1.54) is 0 Å². The fraction of sp³-hybridized carbons (Fsp3) is 0.350. The molecule has 28 heavy (non-hydrogen) atoms. The first kappa shape index (κ1) is 18.1. The lowest BCUT2D eigenvalue weighted by atomic mass is 10.2. The van der Waals surface area contributed by atoms with E-state index in [4.69, 9.17) is 9.47 Å². The average molecular weight is 382 g/mol. The third-order valence-electron chi connectivity index (χ3n) is 4.86. The van der Waals surface area contributed by atoms with Gasteiger partial charge in [-0.25, -0.2) is 4.98 Å². The first-order valence-corrected chi connectivity index (χ1v) is 9.28. The van der Waals surface area contributed by atoms with Crippen LogP contribution in [0.3, 0.4) is 0 Å². The van der Waals surface area contributed by atoms with Crippen LogP contribution in [0.5, 0.6) is 11.5 Å². The van der Waals surface area contributed by atoms with E-state index in [-0.39, 0.29) is 11.8 Å². The maximum atomic E-state index is 12.7. The Kier molecular flexibility index (Phi) is 5.01. The van der Waals surface area contributed by atoms with Crippen molar-refractivity contribution in [2.24, 2.45) is 0 Å². The summed E-state index contributed by atoms with van der Waals surface area (Å²) in [6, 6.07) is 8.79. The van der Waals surface area contributed by atoms with Gasteiger partial charge in [-0.3, -0.25) is 9.59 Å². The lowest BCUT2D eigenvalue weighted by molar-refractivity contribution is -0.129. The summed E-state index contributed by atoms with van der Waals surface area (Å²) in [5.41, 5.74) is 1.16. The van der Waals surface area contributed by atoms with Crippen molar-refractivity contribution in [1.82, 2.24) is 9.88 Å². The predicted molar refractivity (Wildman–Crippen MR) is 104 cm³/mol. The van der Waals surface area contributed by atoms with Crippen LogP contribution in [0.15, 0.2) is 36.5 Å². The third kappa shape index (κ3) is 3.85. The van der Waals surface area contributed by atoms with E-state index in [1.807, 2.05) is 4.90 Å². The van der Waals surface area contributed by atoms with Crippen LogP contribution in [-0.4, -0.2) is 61.1 Å². The zero-order valence-corrected chi connectivity index (χ0v) is 15.7. The molecule has 1 aromatic carbocycles. The third-order valence-corrected chi connectivity index (χ3v) is 4.86. The number of ether oxygens (including phenoxy) is 2. The zero-order valence-electron chi connectivity index (χ0n) is 15.7. The molecule has 1 N–H and O–H groups in total. The van der Waals surface area contributed by atoms with Crippen molar-refractivity contribution < 1.29 is 19.1 Å². The van der Waals surface area contributed by atoms with Gasteiger partial charge in [0.1, 0.15) is 19.0 Å². The Hall–Kier alpha value is -3.29. The van der Waals surface area contributed by atoms with Crippen molar-refractivity contribution >= 4 is 23.3 Å². The number of hydrogen-bond acceptors (Lipinski definition) is 6. The number of hydrogen-bond donors (Lipinski definition) is 1. The maximum absolute atomic E-state index is 12.7. The molecule has 2 aromatic rings. The highest BCUT2D eigenvalue weighted by atomic mass is 16.6. The number of nitrogens with zero attached hydrogens (tertiary/aromatic N) is 3. The number of pyridine rings is 1. The van der Waals surface area contributed by atoms with Crippen LogP contribution in [-0.2, 0) is 4.79 Å². The minimum atomic E-state index is -0.220. The topological polar surface area (TPSA) is 84.0 Å². The SMILES string of the molecule is CC(=O)N1CCN(c2cc(C(=O)Nc3ccc4c(c3)OCCO4)ccn2)CC1. The first-order chi connectivity index (χ1) is 13.6. The van der Waals surface area contributed by atoms with E-state index in [2.05, 4.69) is 15.2 Å². The number of aromatic nitrogens is 1. The Morgan fingerprint density at radius 2 is 1.75 bits per heavy atom. The molecule has 2 amide bonds. The Labute approximate surface area is 163 Å². The van der Waals surface area contributed by atoms with Gasteiger partial charge in [0.25, 0.3) is 5.91 Å². The van der Waals surface area contributed by atoms with E-state index in [0.717, 1.165) is 5.82 Å². The van der Waals surface area contributed by atoms with Crippen LogP contribution < -0.4 is 19.7 Å². The molecular formula is C20H22N4O4. The van der Waals surface area contributed by atoms with Gasteiger partial charge in [-0.05, 0) is 24.3 Å². The Morgan fingerprint density at radius 1 is 1.00 bits per heavy atom. The van der Waals surface area contributed by atoms with E-state index < -0.39 is 0 Å². The summed E-state index contributed by atoms with van der Waals surface area (Å²) in [6.07, 6.45) is 1.63. The number of piperazine rings is 1. The number of benzene rings is 1. The van der Waals surface area contributed by atoms with E-state index >= 15 is 0 Å². The van der Waals surface area contributed by atoms with Crippen molar-refractivity contribution in [3.63, 3.8) is 0 Å². The standard InChI is InChI=1S/C20H22N4O4/c1-14(25)23-6-8-24(9-7-23)19-12-15(4-5-21-19)20(26)22-16-2-3-17-18(13-16)28-11-10-27-17/h2-5,12-13H,6-11H2,1H3,(H,22,26). The second-order valence-corrected chi connectivity index (χ2v) is 6.71. The van der Waals surface area contributed by atoms with Gasteiger partial charge in [-0.2, -0.15) is 0 Å². The molecule has 0 saturated carbocycles. The van der Waals surface area contributed by atoms with Crippen molar-refractivity contribution in [3.8, 4) is 11.5 Å². The normalized spacial score (nSPS) is 15.9. The maximum Gasteiger partial charge on any atom is 0.255 e. The van der Waals surface area contributed by atoms with Crippen molar-refractivity contribution in [1.29, 1.82) is 0 Å². The summed E-state index contributed by atoms with van der Waals surface area (Å²) in [7, 11) is 0. The van der Waals surface area contributed by atoms with Gasteiger partial charge >= 0.3 is 0 Å². The molecule has 0 atom stereocenters. The highest BCUT2D eigenvalue weighted by Crippen LogP contribution is 2.32. The van der Waals surface area contributed by atoms with Crippen molar-refractivity contribution in [3.05, 3.63) is 42.1 Å². The van der Waals surface area contributed by atoms with E-state index in [0.29, 0.717) is 62.1 Å². The molecule has 1 saturated heterocycles. The van der Waals surface area contributed by atoms with Crippen molar-refractivity contribution in [2.45, 2.75) is 6.92 Å². The zero-order chi connectivity index (χ0) is 19.5. The smallest absolute Gasteiger partial charge is 0.255 e. The van der Waals surface area contributed by atoms with Gasteiger partial charge in [0, 0.05) is 56.6 Å². The summed E-state index contributed by atoms with van der Waals surface area (Å²) >= 11 is 0. The van der Waals surface area contributed by atoms with Gasteiger partial charge in [-0.15, -0.1) is 0 Å². The Morgan fingerprint density at radius 3 is 2.50 bits per heavy atom. The van der Waals surface area contributed by atoms with Gasteiger partial charge in [0.2, 0.25) is 5.91 Å². The Bertz CT molecular complexity index is 894. The summed E-state index contributed by atoms with van der Waals surface area (Å²) in [5.74, 6) is 1.91. The molecule has 1 fully saturated rings. The number of fused-ring (bicyclic) bond motifs is 1. The minimum absolute atomic E-state index is 0.0835. The van der Waals surface area contributed by atoms with Crippen LogP contribution in [0, 0.1) is 0 Å². The lowest BCUT2D eigenvalue weighted by Gasteiger charge is -2.35. The van der Waals surface area contributed by atoms with Gasteiger partial charge in [0.15, 0.2) is 11.5 Å². The molecule has 3 heterocycles. The fourth-order valence-electron chi connectivity index (χ4n) is 3.31. The van der Waals surface area contributed by atoms with Crippen LogP contribution >= 0.6 is 0 Å². The molecule has 2 aliphatic rings. The molecule has 0 radical (unpaired) electrons. The molecule has 8 heteroatoms. The number of carbonyl (C=O) groups excluding carboxylic acids is 2.